The van der Waals surface area contributed by atoms with Crippen LogP contribution in [0.25, 0.3) is 0 Å². The van der Waals surface area contributed by atoms with Gasteiger partial charge >= 0.3 is 5.97 Å². The van der Waals surface area contributed by atoms with Crippen LogP contribution in [0.4, 0.5) is 0 Å². The predicted molar refractivity (Wildman–Crippen MR) is 83.0 cm³/mol. The Labute approximate surface area is 128 Å². The molecule has 4 unspecified atom stereocenters. The lowest BCUT2D eigenvalue weighted by Gasteiger charge is -2.35. The van der Waals surface area contributed by atoms with Crippen LogP contribution in [-0.2, 0) is 9.59 Å². The Morgan fingerprint density at radius 3 is 2.57 bits per heavy atom. The summed E-state index contributed by atoms with van der Waals surface area (Å²) in [4.78, 5) is 25.0. The molecule has 0 bridgehead atoms. The van der Waals surface area contributed by atoms with E-state index in [4.69, 9.17) is 5.11 Å². The van der Waals surface area contributed by atoms with Crippen LogP contribution in [0.3, 0.4) is 0 Å². The van der Waals surface area contributed by atoms with E-state index in [1.54, 1.807) is 6.92 Å². The number of aliphatic carboxylic acids is 1. The van der Waals surface area contributed by atoms with E-state index < -0.39 is 11.9 Å². The van der Waals surface area contributed by atoms with Gasteiger partial charge in [-0.25, -0.2) is 0 Å². The zero-order valence-corrected chi connectivity index (χ0v) is 13.8. The summed E-state index contributed by atoms with van der Waals surface area (Å²) in [7, 11) is 0. The Bertz CT molecular complexity index is 359. The topological polar surface area (TPSA) is 69.6 Å². The number of carboxylic acid groups (broad SMARTS) is 1. The SMILES string of the molecule is CCN(CC(=O)NC1CCCC(C)C1C)CC(C)C(=O)O. The minimum Gasteiger partial charge on any atom is -0.481 e. The Morgan fingerprint density at radius 1 is 1.33 bits per heavy atom. The number of nitrogens with one attached hydrogen (secondary N) is 1. The Morgan fingerprint density at radius 2 is 2.00 bits per heavy atom. The van der Waals surface area contributed by atoms with E-state index in [0.29, 0.717) is 24.9 Å². The number of hydrogen-bond acceptors (Lipinski definition) is 3. The molecule has 1 amide bonds. The molecule has 0 radical (unpaired) electrons. The number of nitrogens with zero attached hydrogens (tertiary/aromatic N) is 1. The number of hydrogen-bond donors (Lipinski definition) is 2. The van der Waals surface area contributed by atoms with Crippen molar-refractivity contribution in [2.24, 2.45) is 17.8 Å². The van der Waals surface area contributed by atoms with Crippen LogP contribution in [0.5, 0.6) is 0 Å². The first-order valence-corrected chi connectivity index (χ1v) is 8.09. The van der Waals surface area contributed by atoms with Gasteiger partial charge in [0.25, 0.3) is 0 Å². The fourth-order valence-electron chi connectivity index (χ4n) is 3.01. The molecular formula is C16H30N2O3. The second kappa shape index (κ2) is 8.37. The fraction of sp³-hybridized carbons (Fsp3) is 0.875. The summed E-state index contributed by atoms with van der Waals surface area (Å²) >= 11 is 0. The standard InChI is InChI=1S/C16H30N2O3/c1-5-18(9-12(3)16(20)21)10-15(19)17-14-8-6-7-11(2)13(14)4/h11-14H,5-10H2,1-4H3,(H,17,19)(H,20,21). The highest BCUT2D eigenvalue weighted by Gasteiger charge is 2.28. The quantitative estimate of drug-likeness (QED) is 0.754. The number of amides is 1. The van der Waals surface area contributed by atoms with Gasteiger partial charge in [-0.1, -0.05) is 40.5 Å². The fourth-order valence-corrected chi connectivity index (χ4v) is 3.01. The molecule has 2 N–H and O–H groups in total. The maximum atomic E-state index is 12.2. The highest BCUT2D eigenvalue weighted by atomic mass is 16.4. The zero-order valence-electron chi connectivity index (χ0n) is 13.8. The third-order valence-corrected chi connectivity index (χ3v) is 4.82. The largest absolute Gasteiger partial charge is 0.481 e. The molecule has 0 heterocycles. The van der Waals surface area contributed by atoms with Crippen LogP contribution in [0.15, 0.2) is 0 Å². The van der Waals surface area contributed by atoms with Crippen LogP contribution < -0.4 is 5.32 Å². The van der Waals surface area contributed by atoms with Crippen LogP contribution >= 0.6 is 0 Å². The minimum absolute atomic E-state index is 0.0142. The second-order valence-corrected chi connectivity index (χ2v) is 6.51. The first-order valence-electron chi connectivity index (χ1n) is 8.09. The van der Waals surface area contributed by atoms with Gasteiger partial charge in [0, 0.05) is 12.6 Å². The van der Waals surface area contributed by atoms with Gasteiger partial charge in [0.05, 0.1) is 12.5 Å². The van der Waals surface area contributed by atoms with E-state index in [-0.39, 0.29) is 18.5 Å². The van der Waals surface area contributed by atoms with Crippen LogP contribution in [0.1, 0.15) is 47.0 Å². The molecule has 0 aromatic carbocycles. The maximum absolute atomic E-state index is 12.2. The van der Waals surface area contributed by atoms with Crippen molar-refractivity contribution in [1.82, 2.24) is 10.2 Å². The first-order chi connectivity index (χ1) is 9.85. The van der Waals surface area contributed by atoms with Gasteiger partial charge in [-0.15, -0.1) is 0 Å². The zero-order chi connectivity index (χ0) is 16.0. The third-order valence-electron chi connectivity index (χ3n) is 4.82. The summed E-state index contributed by atoms with van der Waals surface area (Å²) in [6.45, 7) is 9.46. The molecule has 1 saturated carbocycles. The number of likely N-dealkylation sites (N-methyl/N-ethyl adjacent to an activating group) is 1. The smallest absolute Gasteiger partial charge is 0.307 e. The summed E-state index contributed by atoms with van der Waals surface area (Å²) in [5.74, 6) is -0.0931. The summed E-state index contributed by atoms with van der Waals surface area (Å²) < 4.78 is 0. The van der Waals surface area contributed by atoms with E-state index in [1.807, 2.05) is 11.8 Å². The molecule has 21 heavy (non-hydrogen) atoms. The molecular weight excluding hydrogens is 268 g/mol. The van der Waals surface area contributed by atoms with Crippen molar-refractivity contribution in [1.29, 1.82) is 0 Å². The highest BCUT2D eigenvalue weighted by molar-refractivity contribution is 5.78. The maximum Gasteiger partial charge on any atom is 0.307 e. The van der Waals surface area contributed by atoms with Gasteiger partial charge in [-0.05, 0) is 24.8 Å². The van der Waals surface area contributed by atoms with Gasteiger partial charge in [-0.2, -0.15) is 0 Å². The molecule has 5 heteroatoms. The molecule has 122 valence electrons. The van der Waals surface area contributed by atoms with E-state index in [2.05, 4.69) is 19.2 Å². The van der Waals surface area contributed by atoms with Crippen LogP contribution in [0.2, 0.25) is 0 Å². The molecule has 5 nitrogen and oxygen atoms in total. The highest BCUT2D eigenvalue weighted by Crippen LogP contribution is 2.29. The number of carboxylic acids is 1. The molecule has 0 aromatic rings. The van der Waals surface area contributed by atoms with E-state index in [9.17, 15) is 9.59 Å². The lowest BCUT2D eigenvalue weighted by atomic mass is 9.78. The van der Waals surface area contributed by atoms with Crippen molar-refractivity contribution in [3.05, 3.63) is 0 Å². The lowest BCUT2D eigenvalue weighted by molar-refractivity contribution is -0.142. The minimum atomic E-state index is -0.816. The van der Waals surface area contributed by atoms with Crippen molar-refractivity contribution >= 4 is 11.9 Å². The first kappa shape index (κ1) is 18.0. The van der Waals surface area contributed by atoms with Crippen molar-refractivity contribution in [2.75, 3.05) is 19.6 Å². The number of carbonyl (C=O) groups excluding carboxylic acids is 1. The lowest BCUT2D eigenvalue weighted by Crippen LogP contribution is -2.48. The van der Waals surface area contributed by atoms with Crippen LogP contribution in [-0.4, -0.2) is 47.6 Å². The predicted octanol–water partition coefficient (Wildman–Crippen LogP) is 1.97. The molecule has 0 aromatic heterocycles. The van der Waals surface area contributed by atoms with Gasteiger partial charge in [0.2, 0.25) is 5.91 Å². The molecule has 1 rings (SSSR count). The van der Waals surface area contributed by atoms with Crippen molar-refractivity contribution in [3.8, 4) is 0 Å². The molecule has 0 spiro atoms. The summed E-state index contributed by atoms with van der Waals surface area (Å²) in [6, 6.07) is 0.261. The van der Waals surface area contributed by atoms with E-state index >= 15 is 0 Å². The molecule has 1 fully saturated rings. The molecule has 4 atom stereocenters. The van der Waals surface area contributed by atoms with Gasteiger partial charge < -0.3 is 10.4 Å². The van der Waals surface area contributed by atoms with Crippen molar-refractivity contribution in [2.45, 2.75) is 53.0 Å². The number of rotatable bonds is 7. The summed E-state index contributed by atoms with van der Waals surface area (Å²) in [5, 5.41) is 12.1. The average Bonchev–Trinajstić information content (AvgIpc) is 2.42. The average molecular weight is 298 g/mol. The van der Waals surface area contributed by atoms with E-state index in [1.165, 1.54) is 12.8 Å². The summed E-state index contributed by atoms with van der Waals surface area (Å²) in [5.41, 5.74) is 0. The Hall–Kier alpha value is -1.10. The van der Waals surface area contributed by atoms with Gasteiger partial charge in [0.15, 0.2) is 0 Å². The normalized spacial score (nSPS) is 27.4. The van der Waals surface area contributed by atoms with Gasteiger partial charge in [0.1, 0.15) is 0 Å². The molecule has 0 aliphatic heterocycles. The second-order valence-electron chi connectivity index (χ2n) is 6.51. The molecule has 1 aliphatic carbocycles. The monoisotopic (exact) mass is 298 g/mol. The Balaban J connectivity index is 2.45. The molecule has 1 aliphatic rings. The van der Waals surface area contributed by atoms with Gasteiger partial charge in [-0.3, -0.25) is 14.5 Å². The molecule has 0 saturated heterocycles. The Kier molecular flexibility index (Phi) is 7.15. The van der Waals surface area contributed by atoms with Crippen LogP contribution in [0, 0.1) is 17.8 Å². The van der Waals surface area contributed by atoms with Crippen molar-refractivity contribution < 1.29 is 14.7 Å². The van der Waals surface area contributed by atoms with E-state index in [0.717, 1.165) is 6.42 Å². The van der Waals surface area contributed by atoms with Crippen molar-refractivity contribution in [3.63, 3.8) is 0 Å². The summed E-state index contributed by atoms with van der Waals surface area (Å²) in [6.07, 6.45) is 3.46. The number of carbonyl (C=O) groups is 2. The third kappa shape index (κ3) is 5.65.